The minimum atomic E-state index is -0.648. The molecular formula is C14H21NO2. The van der Waals surface area contributed by atoms with Crippen molar-refractivity contribution in [2.24, 2.45) is 5.92 Å². The monoisotopic (exact) mass is 235 g/mol. The van der Waals surface area contributed by atoms with Crippen molar-refractivity contribution in [1.82, 2.24) is 4.98 Å². The van der Waals surface area contributed by atoms with E-state index in [9.17, 15) is 4.79 Å². The molecule has 0 fully saturated rings. The lowest BCUT2D eigenvalue weighted by Gasteiger charge is -2.11. The van der Waals surface area contributed by atoms with Crippen molar-refractivity contribution in [3.63, 3.8) is 0 Å². The van der Waals surface area contributed by atoms with E-state index < -0.39 is 5.97 Å². The van der Waals surface area contributed by atoms with Gasteiger partial charge in [-0.05, 0) is 37.3 Å². The molecule has 0 saturated heterocycles. The van der Waals surface area contributed by atoms with Crippen LogP contribution in [0.25, 0.3) is 0 Å². The average Bonchev–Trinajstić information content (AvgIpc) is 2.34. The van der Waals surface area contributed by atoms with Crippen molar-refractivity contribution in [3.05, 3.63) is 30.1 Å². The van der Waals surface area contributed by atoms with E-state index in [0.29, 0.717) is 0 Å². The number of aliphatic carboxylic acids is 1. The number of nitrogens with zero attached hydrogens (tertiary/aromatic N) is 1. The second kappa shape index (κ2) is 7.82. The zero-order chi connectivity index (χ0) is 12.5. The van der Waals surface area contributed by atoms with Crippen LogP contribution in [0.5, 0.6) is 0 Å². The first-order chi connectivity index (χ1) is 8.24. The van der Waals surface area contributed by atoms with Crippen LogP contribution in [0.3, 0.4) is 0 Å². The van der Waals surface area contributed by atoms with E-state index in [1.807, 2.05) is 18.3 Å². The summed E-state index contributed by atoms with van der Waals surface area (Å²) in [7, 11) is 0. The Labute approximate surface area is 103 Å². The molecule has 94 valence electrons. The van der Waals surface area contributed by atoms with Gasteiger partial charge in [0.2, 0.25) is 0 Å². The first-order valence-corrected chi connectivity index (χ1v) is 6.35. The van der Waals surface area contributed by atoms with Gasteiger partial charge in [-0.3, -0.25) is 9.78 Å². The van der Waals surface area contributed by atoms with Gasteiger partial charge in [0.05, 0.1) is 5.92 Å². The van der Waals surface area contributed by atoms with Gasteiger partial charge in [0, 0.05) is 12.4 Å². The third-order valence-corrected chi connectivity index (χ3v) is 3.00. The fourth-order valence-electron chi connectivity index (χ4n) is 1.94. The lowest BCUT2D eigenvalue weighted by Crippen LogP contribution is -2.13. The summed E-state index contributed by atoms with van der Waals surface area (Å²) < 4.78 is 0. The maximum absolute atomic E-state index is 11.0. The Kier molecular flexibility index (Phi) is 6.30. The topological polar surface area (TPSA) is 50.2 Å². The van der Waals surface area contributed by atoms with E-state index in [1.165, 1.54) is 5.56 Å². The van der Waals surface area contributed by atoms with Gasteiger partial charge in [-0.1, -0.05) is 25.8 Å². The predicted molar refractivity (Wildman–Crippen MR) is 67.8 cm³/mol. The van der Waals surface area contributed by atoms with E-state index in [-0.39, 0.29) is 5.92 Å². The Morgan fingerprint density at radius 1 is 1.41 bits per heavy atom. The summed E-state index contributed by atoms with van der Waals surface area (Å²) in [6.07, 6.45) is 9.09. The van der Waals surface area contributed by atoms with Crippen molar-refractivity contribution in [3.8, 4) is 0 Å². The zero-order valence-electron chi connectivity index (χ0n) is 10.4. The predicted octanol–water partition coefficient (Wildman–Crippen LogP) is 3.30. The maximum Gasteiger partial charge on any atom is 0.306 e. The number of unbranched alkanes of at least 4 members (excludes halogenated alkanes) is 1. The molecule has 0 aliphatic heterocycles. The standard InChI is InChI=1S/C14H21NO2/c1-2-3-8-13(14(16)17)9-4-6-12-7-5-10-15-11-12/h5,7,10-11,13H,2-4,6,8-9H2,1H3,(H,16,17)/t13-/m0/s1. The average molecular weight is 235 g/mol. The minimum Gasteiger partial charge on any atom is -0.481 e. The number of aryl methyl sites for hydroxylation is 1. The van der Waals surface area contributed by atoms with E-state index in [2.05, 4.69) is 11.9 Å². The lowest BCUT2D eigenvalue weighted by atomic mass is 9.95. The highest BCUT2D eigenvalue weighted by atomic mass is 16.4. The molecule has 1 aromatic heterocycles. The van der Waals surface area contributed by atoms with Crippen molar-refractivity contribution < 1.29 is 9.90 Å². The first kappa shape index (κ1) is 13.7. The second-order valence-electron chi connectivity index (χ2n) is 4.43. The van der Waals surface area contributed by atoms with Crippen LogP contribution in [0, 0.1) is 5.92 Å². The second-order valence-corrected chi connectivity index (χ2v) is 4.43. The molecule has 0 aliphatic carbocycles. The molecule has 1 aromatic rings. The molecule has 0 saturated carbocycles. The number of carboxylic acid groups (broad SMARTS) is 1. The zero-order valence-corrected chi connectivity index (χ0v) is 10.4. The fraction of sp³-hybridized carbons (Fsp3) is 0.571. The Hall–Kier alpha value is -1.38. The molecule has 0 radical (unpaired) electrons. The van der Waals surface area contributed by atoms with E-state index in [0.717, 1.165) is 38.5 Å². The molecular weight excluding hydrogens is 214 g/mol. The summed E-state index contributed by atoms with van der Waals surface area (Å²) >= 11 is 0. The van der Waals surface area contributed by atoms with Crippen LogP contribution in [-0.4, -0.2) is 16.1 Å². The van der Waals surface area contributed by atoms with E-state index in [4.69, 9.17) is 5.11 Å². The Balaban J connectivity index is 2.29. The van der Waals surface area contributed by atoms with Gasteiger partial charge in [0.15, 0.2) is 0 Å². The summed E-state index contributed by atoms with van der Waals surface area (Å²) in [5.41, 5.74) is 1.19. The molecule has 1 rings (SSSR count). The van der Waals surface area contributed by atoms with Gasteiger partial charge >= 0.3 is 5.97 Å². The highest BCUT2D eigenvalue weighted by molar-refractivity contribution is 5.69. The number of pyridine rings is 1. The number of aromatic nitrogens is 1. The van der Waals surface area contributed by atoms with Crippen LogP contribution >= 0.6 is 0 Å². The Morgan fingerprint density at radius 2 is 2.18 bits per heavy atom. The number of hydrogen-bond acceptors (Lipinski definition) is 2. The normalized spacial score (nSPS) is 12.3. The molecule has 3 heteroatoms. The van der Waals surface area contributed by atoms with E-state index >= 15 is 0 Å². The van der Waals surface area contributed by atoms with Crippen molar-refractivity contribution in [2.45, 2.75) is 45.4 Å². The Morgan fingerprint density at radius 3 is 2.76 bits per heavy atom. The quantitative estimate of drug-likeness (QED) is 0.752. The van der Waals surface area contributed by atoms with Crippen molar-refractivity contribution >= 4 is 5.97 Å². The van der Waals surface area contributed by atoms with Crippen molar-refractivity contribution in [2.75, 3.05) is 0 Å². The van der Waals surface area contributed by atoms with Crippen LogP contribution in [0.1, 0.15) is 44.6 Å². The molecule has 0 unspecified atom stereocenters. The molecule has 3 nitrogen and oxygen atoms in total. The smallest absolute Gasteiger partial charge is 0.306 e. The van der Waals surface area contributed by atoms with Gasteiger partial charge < -0.3 is 5.11 Å². The van der Waals surface area contributed by atoms with Gasteiger partial charge in [0.1, 0.15) is 0 Å². The summed E-state index contributed by atoms with van der Waals surface area (Å²) in [5.74, 6) is -0.823. The summed E-state index contributed by atoms with van der Waals surface area (Å²) in [6, 6.07) is 3.95. The van der Waals surface area contributed by atoms with Crippen LogP contribution in [-0.2, 0) is 11.2 Å². The van der Waals surface area contributed by atoms with Gasteiger partial charge in [-0.15, -0.1) is 0 Å². The lowest BCUT2D eigenvalue weighted by molar-refractivity contribution is -0.142. The summed E-state index contributed by atoms with van der Waals surface area (Å²) in [5, 5.41) is 9.08. The molecule has 1 heterocycles. The first-order valence-electron chi connectivity index (χ1n) is 6.35. The molecule has 0 amide bonds. The third kappa shape index (κ3) is 5.48. The van der Waals surface area contributed by atoms with E-state index in [1.54, 1.807) is 6.20 Å². The van der Waals surface area contributed by atoms with Crippen molar-refractivity contribution in [1.29, 1.82) is 0 Å². The summed E-state index contributed by atoms with van der Waals surface area (Å²) in [6.45, 7) is 2.09. The maximum atomic E-state index is 11.0. The number of carbonyl (C=O) groups is 1. The molecule has 0 spiro atoms. The van der Waals surface area contributed by atoms with Crippen LogP contribution < -0.4 is 0 Å². The molecule has 1 atom stereocenters. The number of hydrogen-bond donors (Lipinski definition) is 1. The van der Waals surface area contributed by atoms with Crippen LogP contribution in [0.2, 0.25) is 0 Å². The fourth-order valence-corrected chi connectivity index (χ4v) is 1.94. The third-order valence-electron chi connectivity index (χ3n) is 3.00. The largest absolute Gasteiger partial charge is 0.481 e. The molecule has 0 aromatic carbocycles. The van der Waals surface area contributed by atoms with Gasteiger partial charge in [-0.2, -0.15) is 0 Å². The highest BCUT2D eigenvalue weighted by Gasteiger charge is 2.15. The van der Waals surface area contributed by atoms with Crippen LogP contribution in [0.15, 0.2) is 24.5 Å². The SMILES string of the molecule is CCCC[C@@H](CCCc1cccnc1)C(=O)O. The minimum absolute atomic E-state index is 0.174. The summed E-state index contributed by atoms with van der Waals surface area (Å²) in [4.78, 5) is 15.1. The molecule has 17 heavy (non-hydrogen) atoms. The van der Waals surface area contributed by atoms with Gasteiger partial charge in [0.25, 0.3) is 0 Å². The Bertz CT molecular complexity index is 324. The number of rotatable bonds is 8. The van der Waals surface area contributed by atoms with Crippen LogP contribution in [0.4, 0.5) is 0 Å². The molecule has 0 aliphatic rings. The highest BCUT2D eigenvalue weighted by Crippen LogP contribution is 2.16. The van der Waals surface area contributed by atoms with Gasteiger partial charge in [-0.25, -0.2) is 0 Å². The molecule has 1 N–H and O–H groups in total. The molecule has 0 bridgehead atoms. The number of carboxylic acids is 1.